The van der Waals surface area contributed by atoms with Crippen LogP contribution < -0.4 is 4.74 Å². The molecule has 0 radical (unpaired) electrons. The van der Waals surface area contributed by atoms with Crippen molar-refractivity contribution in [1.29, 1.82) is 5.26 Å². The lowest BCUT2D eigenvalue weighted by atomic mass is 9.98. The van der Waals surface area contributed by atoms with E-state index in [9.17, 15) is 0 Å². The number of aryl methyl sites for hydroxylation is 2. The second-order valence-corrected chi connectivity index (χ2v) is 5.45. The van der Waals surface area contributed by atoms with Crippen LogP contribution in [-0.2, 0) is 0 Å². The molecular formula is C13H16BrNO. The molecule has 0 spiro atoms. The zero-order chi connectivity index (χ0) is 12.3. The number of benzene rings is 1. The smallest absolute Gasteiger partial charge is 0.119 e. The van der Waals surface area contributed by atoms with E-state index in [1.807, 2.05) is 39.8 Å². The summed E-state index contributed by atoms with van der Waals surface area (Å²) in [5.41, 5.74) is 1.84. The summed E-state index contributed by atoms with van der Waals surface area (Å²) in [6, 6.07) is 6.17. The Morgan fingerprint density at radius 3 is 2.25 bits per heavy atom. The fraction of sp³-hybridized carbons (Fsp3) is 0.462. The molecule has 0 aliphatic carbocycles. The second kappa shape index (κ2) is 4.88. The summed E-state index contributed by atoms with van der Waals surface area (Å²) < 4.78 is 6.75. The molecule has 0 amide bonds. The summed E-state index contributed by atoms with van der Waals surface area (Å²) in [5, 5.41) is 8.89. The summed E-state index contributed by atoms with van der Waals surface area (Å²) in [4.78, 5) is 0. The van der Waals surface area contributed by atoms with Crippen LogP contribution in [0.4, 0.5) is 0 Å². The molecule has 0 saturated carbocycles. The van der Waals surface area contributed by atoms with E-state index in [-0.39, 0.29) is 0 Å². The van der Waals surface area contributed by atoms with Crippen molar-refractivity contribution >= 4 is 15.9 Å². The van der Waals surface area contributed by atoms with E-state index in [1.54, 1.807) is 0 Å². The Bertz CT molecular complexity index is 409. The first-order valence-electron chi connectivity index (χ1n) is 5.16. The molecule has 0 aliphatic rings. The van der Waals surface area contributed by atoms with Crippen molar-refractivity contribution in [2.75, 3.05) is 6.61 Å². The average molecular weight is 282 g/mol. The molecule has 86 valence electrons. The summed E-state index contributed by atoms with van der Waals surface area (Å²) in [7, 11) is 0. The van der Waals surface area contributed by atoms with E-state index in [0.29, 0.717) is 6.61 Å². The Morgan fingerprint density at radius 2 is 1.81 bits per heavy atom. The van der Waals surface area contributed by atoms with Crippen LogP contribution in [0.25, 0.3) is 0 Å². The number of hydrogen-bond donors (Lipinski definition) is 0. The number of rotatable bonds is 3. The number of halogens is 1. The molecule has 0 unspecified atom stereocenters. The van der Waals surface area contributed by atoms with Crippen LogP contribution in [-0.4, -0.2) is 6.61 Å². The molecule has 3 heteroatoms. The van der Waals surface area contributed by atoms with Gasteiger partial charge in [0.15, 0.2) is 0 Å². The van der Waals surface area contributed by atoms with Gasteiger partial charge in [0, 0.05) is 4.47 Å². The van der Waals surface area contributed by atoms with Crippen molar-refractivity contribution < 1.29 is 4.74 Å². The van der Waals surface area contributed by atoms with Gasteiger partial charge in [-0.15, -0.1) is 0 Å². The Kier molecular flexibility index (Phi) is 3.98. The van der Waals surface area contributed by atoms with Gasteiger partial charge < -0.3 is 4.74 Å². The lowest BCUT2D eigenvalue weighted by Crippen LogP contribution is -2.19. The third kappa shape index (κ3) is 3.24. The van der Waals surface area contributed by atoms with Gasteiger partial charge in [-0.1, -0.05) is 15.9 Å². The summed E-state index contributed by atoms with van der Waals surface area (Å²) in [6.07, 6.45) is 0. The van der Waals surface area contributed by atoms with Crippen LogP contribution in [0.1, 0.15) is 25.0 Å². The summed E-state index contributed by atoms with van der Waals surface area (Å²) in [6.45, 7) is 8.19. The van der Waals surface area contributed by atoms with Gasteiger partial charge in [0.25, 0.3) is 0 Å². The quantitative estimate of drug-likeness (QED) is 0.839. The maximum Gasteiger partial charge on any atom is 0.119 e. The Hall–Kier alpha value is -1.01. The molecule has 0 atom stereocenters. The third-order valence-electron chi connectivity index (χ3n) is 2.31. The van der Waals surface area contributed by atoms with E-state index < -0.39 is 5.41 Å². The number of nitriles is 1. The molecule has 0 N–H and O–H groups in total. The first-order valence-corrected chi connectivity index (χ1v) is 5.96. The van der Waals surface area contributed by atoms with Crippen molar-refractivity contribution in [3.05, 3.63) is 27.7 Å². The van der Waals surface area contributed by atoms with Crippen molar-refractivity contribution in [2.24, 2.45) is 5.41 Å². The largest absolute Gasteiger partial charge is 0.492 e. The fourth-order valence-corrected chi connectivity index (χ4v) is 1.51. The van der Waals surface area contributed by atoms with Gasteiger partial charge >= 0.3 is 0 Å². The normalized spacial score (nSPS) is 11.0. The van der Waals surface area contributed by atoms with Crippen LogP contribution in [0.3, 0.4) is 0 Å². The van der Waals surface area contributed by atoms with Crippen molar-refractivity contribution in [1.82, 2.24) is 0 Å². The molecule has 0 heterocycles. The standard InChI is InChI=1S/C13H16BrNO/c1-9-5-11(6-10(2)12(9)14)16-8-13(3,4)7-15/h5-6H,8H2,1-4H3. The van der Waals surface area contributed by atoms with Crippen LogP contribution >= 0.6 is 15.9 Å². The fourth-order valence-electron chi connectivity index (χ4n) is 1.29. The molecule has 0 aromatic heterocycles. The van der Waals surface area contributed by atoms with Crippen LogP contribution in [0.15, 0.2) is 16.6 Å². The molecule has 0 fully saturated rings. The molecular weight excluding hydrogens is 266 g/mol. The average Bonchev–Trinajstić information content (AvgIpc) is 2.23. The Labute approximate surface area is 105 Å². The Balaban J connectivity index is 2.81. The molecule has 0 bridgehead atoms. The summed E-state index contributed by atoms with van der Waals surface area (Å²) >= 11 is 3.51. The molecule has 2 nitrogen and oxygen atoms in total. The minimum atomic E-state index is -0.450. The lowest BCUT2D eigenvalue weighted by molar-refractivity contribution is 0.227. The van der Waals surface area contributed by atoms with E-state index in [4.69, 9.17) is 10.00 Å². The lowest BCUT2D eigenvalue weighted by Gasteiger charge is -2.17. The maximum atomic E-state index is 8.89. The van der Waals surface area contributed by atoms with Crippen LogP contribution in [0, 0.1) is 30.6 Å². The van der Waals surface area contributed by atoms with Gasteiger partial charge in [-0.05, 0) is 51.0 Å². The van der Waals surface area contributed by atoms with Gasteiger partial charge in [0.05, 0.1) is 11.5 Å². The highest BCUT2D eigenvalue weighted by Crippen LogP contribution is 2.27. The zero-order valence-corrected chi connectivity index (χ0v) is 11.7. The first kappa shape index (κ1) is 13.1. The maximum absolute atomic E-state index is 8.89. The minimum absolute atomic E-state index is 0.407. The van der Waals surface area contributed by atoms with E-state index in [1.165, 1.54) is 0 Å². The van der Waals surface area contributed by atoms with Crippen molar-refractivity contribution in [3.8, 4) is 11.8 Å². The van der Waals surface area contributed by atoms with Crippen LogP contribution in [0.2, 0.25) is 0 Å². The van der Waals surface area contributed by atoms with Crippen molar-refractivity contribution in [3.63, 3.8) is 0 Å². The topological polar surface area (TPSA) is 33.0 Å². The third-order valence-corrected chi connectivity index (χ3v) is 3.56. The van der Waals surface area contributed by atoms with Crippen LogP contribution in [0.5, 0.6) is 5.75 Å². The van der Waals surface area contributed by atoms with Crippen molar-refractivity contribution in [2.45, 2.75) is 27.7 Å². The SMILES string of the molecule is Cc1cc(OCC(C)(C)C#N)cc(C)c1Br. The Morgan fingerprint density at radius 1 is 1.31 bits per heavy atom. The molecule has 1 aromatic carbocycles. The van der Waals surface area contributed by atoms with Gasteiger partial charge in [0.1, 0.15) is 12.4 Å². The van der Waals surface area contributed by atoms with Gasteiger partial charge in [0.2, 0.25) is 0 Å². The second-order valence-electron chi connectivity index (χ2n) is 4.66. The number of nitrogens with zero attached hydrogens (tertiary/aromatic N) is 1. The van der Waals surface area contributed by atoms with Gasteiger partial charge in [-0.3, -0.25) is 0 Å². The number of hydrogen-bond acceptors (Lipinski definition) is 2. The predicted octanol–water partition coefficient (Wildman–Crippen LogP) is 3.99. The van der Waals surface area contributed by atoms with Gasteiger partial charge in [-0.2, -0.15) is 5.26 Å². The molecule has 1 aromatic rings. The van der Waals surface area contributed by atoms with E-state index in [2.05, 4.69) is 22.0 Å². The zero-order valence-electron chi connectivity index (χ0n) is 10.1. The van der Waals surface area contributed by atoms with E-state index in [0.717, 1.165) is 21.3 Å². The molecule has 0 aliphatic heterocycles. The first-order chi connectivity index (χ1) is 7.35. The highest BCUT2D eigenvalue weighted by atomic mass is 79.9. The molecule has 1 rings (SSSR count). The highest BCUT2D eigenvalue weighted by molar-refractivity contribution is 9.10. The summed E-state index contributed by atoms with van der Waals surface area (Å²) in [5.74, 6) is 0.821. The highest BCUT2D eigenvalue weighted by Gasteiger charge is 2.17. The monoisotopic (exact) mass is 281 g/mol. The molecule has 0 saturated heterocycles. The molecule has 16 heavy (non-hydrogen) atoms. The van der Waals surface area contributed by atoms with Gasteiger partial charge in [-0.25, -0.2) is 0 Å². The minimum Gasteiger partial charge on any atom is -0.492 e. The number of ether oxygens (including phenoxy) is 1. The van der Waals surface area contributed by atoms with E-state index >= 15 is 0 Å². The predicted molar refractivity (Wildman–Crippen MR) is 68.5 cm³/mol.